The first-order valence-corrected chi connectivity index (χ1v) is 18.6. The maximum Gasteiger partial charge on any atom is 0.407 e. The first kappa shape index (κ1) is 35.0. The van der Waals surface area contributed by atoms with E-state index < -0.39 is 11.7 Å². The number of imidazole rings is 1. The number of ether oxygens (including phenoxy) is 1. The molecule has 3 N–H and O–H groups in total. The summed E-state index contributed by atoms with van der Waals surface area (Å²) in [6.45, 7) is 7.75. The molecule has 2 amide bonds. The number of anilines is 1. The Morgan fingerprint density at radius 3 is 2.49 bits per heavy atom. The molecule has 8 rings (SSSR count). The second-order valence-electron chi connectivity index (χ2n) is 14.8. The first-order chi connectivity index (χ1) is 25.5. The second kappa shape index (κ2) is 14.0. The minimum absolute atomic E-state index is 0.0267. The van der Waals surface area contributed by atoms with Crippen molar-refractivity contribution in [3.63, 3.8) is 0 Å². The molecule has 9 nitrogen and oxygen atoms in total. The summed E-state index contributed by atoms with van der Waals surface area (Å²) < 4.78 is 7.64. The Labute approximate surface area is 318 Å². The smallest absolute Gasteiger partial charge is 0.407 e. The van der Waals surface area contributed by atoms with Crippen LogP contribution < -0.4 is 10.6 Å². The van der Waals surface area contributed by atoms with Gasteiger partial charge >= 0.3 is 6.09 Å². The van der Waals surface area contributed by atoms with E-state index in [0.717, 1.165) is 75.2 Å². The fraction of sp³-hybridized carbons (Fsp3) is 0.262. The van der Waals surface area contributed by atoms with Crippen LogP contribution in [0.2, 0.25) is 10.0 Å². The molecule has 2 aliphatic rings. The molecule has 0 aliphatic carbocycles. The van der Waals surface area contributed by atoms with Crippen molar-refractivity contribution in [2.24, 2.45) is 0 Å². The van der Waals surface area contributed by atoms with Crippen LogP contribution in [0.1, 0.15) is 66.8 Å². The number of para-hydroxylation sites is 1. The van der Waals surface area contributed by atoms with Crippen molar-refractivity contribution in [1.82, 2.24) is 24.8 Å². The van der Waals surface area contributed by atoms with Gasteiger partial charge in [-0.25, -0.2) is 9.78 Å². The van der Waals surface area contributed by atoms with Crippen molar-refractivity contribution in [3.05, 3.63) is 130 Å². The first-order valence-electron chi connectivity index (χ1n) is 17.9. The summed E-state index contributed by atoms with van der Waals surface area (Å²) in [4.78, 5) is 37.8. The molecule has 0 radical (unpaired) electrons. The molecule has 1 saturated heterocycles. The second-order valence-corrected chi connectivity index (χ2v) is 15.7. The molecule has 0 spiro atoms. The third-order valence-electron chi connectivity index (χ3n) is 9.84. The van der Waals surface area contributed by atoms with Crippen molar-refractivity contribution >= 4 is 51.8 Å². The predicted octanol–water partition coefficient (Wildman–Crippen LogP) is 9.70. The summed E-state index contributed by atoms with van der Waals surface area (Å²) >= 11 is 13.1. The predicted molar refractivity (Wildman–Crippen MR) is 211 cm³/mol. The van der Waals surface area contributed by atoms with Crippen LogP contribution in [-0.2, 0) is 11.3 Å². The van der Waals surface area contributed by atoms with E-state index >= 15 is 0 Å². The maximum absolute atomic E-state index is 14.6. The van der Waals surface area contributed by atoms with E-state index in [0.29, 0.717) is 28.8 Å². The summed E-state index contributed by atoms with van der Waals surface area (Å²) in [5, 5.41) is 8.42. The fourth-order valence-corrected chi connectivity index (χ4v) is 8.05. The Balaban J connectivity index is 1.15. The van der Waals surface area contributed by atoms with Crippen molar-refractivity contribution in [1.29, 1.82) is 0 Å². The van der Waals surface area contributed by atoms with Gasteiger partial charge in [-0.2, -0.15) is 0 Å². The average Bonchev–Trinajstić information content (AvgIpc) is 3.72. The van der Waals surface area contributed by atoms with Crippen molar-refractivity contribution in [2.75, 3.05) is 18.4 Å². The van der Waals surface area contributed by atoms with E-state index in [2.05, 4.69) is 25.1 Å². The molecule has 4 heterocycles. The van der Waals surface area contributed by atoms with Crippen LogP contribution in [0.3, 0.4) is 0 Å². The fourth-order valence-electron chi connectivity index (χ4n) is 7.69. The number of nitrogens with zero attached hydrogens (tertiary/aromatic N) is 3. The van der Waals surface area contributed by atoms with Gasteiger partial charge in [0, 0.05) is 56.9 Å². The molecule has 6 aromatic rings. The van der Waals surface area contributed by atoms with Gasteiger partial charge in [0.25, 0.3) is 5.91 Å². The van der Waals surface area contributed by atoms with Crippen molar-refractivity contribution < 1.29 is 14.3 Å². The molecule has 2 atom stereocenters. The minimum atomic E-state index is -0.561. The van der Waals surface area contributed by atoms with Gasteiger partial charge in [0.05, 0.1) is 23.8 Å². The number of alkyl carbamates (subject to hydrolysis) is 1. The number of rotatable bonds is 7. The van der Waals surface area contributed by atoms with Crippen LogP contribution in [0.15, 0.2) is 97.3 Å². The number of carbonyl (C=O) groups is 2. The maximum atomic E-state index is 14.6. The van der Waals surface area contributed by atoms with Gasteiger partial charge in [0.2, 0.25) is 0 Å². The zero-order valence-electron chi connectivity index (χ0n) is 29.8. The Morgan fingerprint density at radius 2 is 1.72 bits per heavy atom. The van der Waals surface area contributed by atoms with Crippen molar-refractivity contribution in [2.45, 2.75) is 57.8 Å². The third-order valence-corrected chi connectivity index (χ3v) is 10.3. The quantitative estimate of drug-likeness (QED) is 0.151. The number of hydrogen-bond acceptors (Lipinski definition) is 5. The molecule has 1 fully saturated rings. The number of carbonyl (C=O) groups excluding carboxylic acids is 2. The van der Waals surface area contributed by atoms with Gasteiger partial charge in [-0.05, 0) is 87.2 Å². The van der Waals surface area contributed by atoms with Crippen LogP contribution in [-0.4, -0.2) is 56.2 Å². The van der Waals surface area contributed by atoms with Gasteiger partial charge in [0.15, 0.2) is 0 Å². The number of hydrogen-bond donors (Lipinski definition) is 3. The average molecular weight is 748 g/mol. The molecule has 270 valence electrons. The van der Waals surface area contributed by atoms with Crippen LogP contribution >= 0.6 is 23.2 Å². The lowest BCUT2D eigenvalue weighted by molar-refractivity contribution is 0.0470. The van der Waals surface area contributed by atoms with Crippen LogP contribution in [0.25, 0.3) is 33.4 Å². The summed E-state index contributed by atoms with van der Waals surface area (Å²) in [6.07, 6.45) is 3.26. The number of amides is 2. The Morgan fingerprint density at radius 1 is 0.962 bits per heavy atom. The zero-order valence-corrected chi connectivity index (χ0v) is 31.3. The largest absolute Gasteiger partial charge is 0.444 e. The van der Waals surface area contributed by atoms with E-state index in [-0.39, 0.29) is 18.0 Å². The SMILES string of the molecule is CC(C)(C)OC(=O)NC1CCCN(Cc2ccccc2NC(=O)c2[nH]c3cc(Cl)cc4c3c2-c2c(-c3ccccc3)ncn2[C@@H]4c2ccc(Cl)cc2)C1. The molecule has 2 aromatic heterocycles. The number of fused-ring (bicyclic) bond motifs is 2. The summed E-state index contributed by atoms with van der Waals surface area (Å²) in [5.41, 5.74) is 7.64. The lowest BCUT2D eigenvalue weighted by atomic mass is 9.88. The lowest BCUT2D eigenvalue weighted by Gasteiger charge is -2.34. The molecule has 2 aliphatic heterocycles. The highest BCUT2D eigenvalue weighted by atomic mass is 35.5. The number of piperidine rings is 1. The molecule has 0 saturated carbocycles. The monoisotopic (exact) mass is 746 g/mol. The number of halogens is 2. The Kier molecular flexibility index (Phi) is 9.26. The normalized spacial score (nSPS) is 17.0. The van der Waals surface area contributed by atoms with E-state index in [9.17, 15) is 9.59 Å². The number of H-pyrrole nitrogens is 1. The van der Waals surface area contributed by atoms with Gasteiger partial charge in [-0.15, -0.1) is 0 Å². The number of nitrogens with one attached hydrogen (secondary N) is 3. The van der Waals surface area contributed by atoms with Gasteiger partial charge in [-0.1, -0.05) is 83.9 Å². The number of aromatic nitrogens is 3. The number of benzene rings is 4. The molecule has 53 heavy (non-hydrogen) atoms. The Bertz CT molecular complexity index is 2330. The number of likely N-dealkylation sites (tertiary alicyclic amines) is 1. The highest BCUT2D eigenvalue weighted by Gasteiger charge is 2.36. The molecule has 11 heteroatoms. The third kappa shape index (κ3) is 7.04. The van der Waals surface area contributed by atoms with Crippen LogP contribution in [0.4, 0.5) is 10.5 Å². The summed E-state index contributed by atoms with van der Waals surface area (Å²) in [7, 11) is 0. The van der Waals surface area contributed by atoms with Crippen LogP contribution in [0.5, 0.6) is 0 Å². The number of aromatic amines is 1. The van der Waals surface area contributed by atoms with E-state index in [1.807, 2.05) is 118 Å². The van der Waals surface area contributed by atoms with E-state index in [1.165, 1.54) is 0 Å². The summed E-state index contributed by atoms with van der Waals surface area (Å²) in [6, 6.07) is 29.3. The van der Waals surface area contributed by atoms with E-state index in [4.69, 9.17) is 32.9 Å². The molecular weight excluding hydrogens is 707 g/mol. The van der Waals surface area contributed by atoms with Gasteiger partial charge in [-0.3, -0.25) is 9.69 Å². The topological polar surface area (TPSA) is 104 Å². The summed E-state index contributed by atoms with van der Waals surface area (Å²) in [5.74, 6) is -0.273. The zero-order chi connectivity index (χ0) is 36.9. The van der Waals surface area contributed by atoms with Crippen LogP contribution in [0, 0.1) is 0 Å². The molecular formula is C42H40Cl2N6O3. The highest BCUT2D eigenvalue weighted by Crippen LogP contribution is 2.49. The lowest BCUT2D eigenvalue weighted by Crippen LogP contribution is -2.48. The molecule has 1 unspecified atom stereocenters. The highest BCUT2D eigenvalue weighted by molar-refractivity contribution is 6.32. The van der Waals surface area contributed by atoms with Gasteiger partial charge < -0.3 is 24.9 Å². The standard InChI is InChI=1S/C42H40Cl2N6O3/c1-42(2,3)53-41(52)46-30-13-9-19-49(23-30)22-27-12-7-8-14-32(27)48-40(51)37-35-34-31(20-29(44)21-33(34)47-37)38(26-15-17-28(43)18-16-26)50-24-45-36(39(35)50)25-10-5-4-6-11-25/h4-8,10-12,14-18,20-21,24,30,38,47H,9,13,19,22-23H2,1-3H3,(H,46,52)(H,48,51)/t30?,38-/m1/s1. The van der Waals surface area contributed by atoms with Crippen molar-refractivity contribution in [3.8, 4) is 22.5 Å². The molecule has 4 aromatic carbocycles. The van der Waals surface area contributed by atoms with E-state index in [1.54, 1.807) is 0 Å². The molecule has 0 bridgehead atoms. The van der Waals surface area contributed by atoms with Gasteiger partial charge in [0.1, 0.15) is 11.3 Å². The Hall–Kier alpha value is -5.09. The minimum Gasteiger partial charge on any atom is -0.444 e.